The van der Waals surface area contributed by atoms with Crippen molar-refractivity contribution < 1.29 is 4.74 Å². The highest BCUT2D eigenvalue weighted by Crippen LogP contribution is 2.23. The molecule has 3 rings (SSSR count). The van der Waals surface area contributed by atoms with E-state index in [1.165, 1.54) is 24.8 Å². The Hall–Kier alpha value is -2.37. The fourth-order valence-corrected chi connectivity index (χ4v) is 3.32. The van der Waals surface area contributed by atoms with E-state index in [9.17, 15) is 0 Å². The SMILES string of the molecule is CCC1CCCCN1c1nncc(NCCc2ccc(OC)cc2)n1. The average Bonchev–Trinajstić information content (AvgIpc) is 2.69. The largest absolute Gasteiger partial charge is 0.497 e. The first-order chi connectivity index (χ1) is 12.3. The Morgan fingerprint density at radius 2 is 2.08 bits per heavy atom. The van der Waals surface area contributed by atoms with Gasteiger partial charge in [-0.15, -0.1) is 5.10 Å². The molecule has 1 aliphatic rings. The second-order valence-electron chi connectivity index (χ2n) is 6.42. The molecule has 0 radical (unpaired) electrons. The van der Waals surface area contributed by atoms with Crippen LogP contribution in [0, 0.1) is 0 Å². The van der Waals surface area contributed by atoms with Gasteiger partial charge in [0.15, 0.2) is 5.82 Å². The zero-order valence-electron chi connectivity index (χ0n) is 15.1. The van der Waals surface area contributed by atoms with Crippen LogP contribution >= 0.6 is 0 Å². The molecule has 1 N–H and O–H groups in total. The first kappa shape index (κ1) is 17.5. The third-order valence-corrected chi connectivity index (χ3v) is 4.78. The Labute approximate surface area is 149 Å². The Balaban J connectivity index is 1.57. The standard InChI is InChI=1S/C19H27N5O/c1-3-16-6-4-5-13-24(16)19-22-18(14-21-23-19)20-12-11-15-7-9-17(25-2)10-8-15/h7-10,14,16H,3-6,11-13H2,1-2H3,(H,20,22,23). The predicted molar refractivity (Wildman–Crippen MR) is 100 cm³/mol. The Bertz CT molecular complexity index is 661. The van der Waals surface area contributed by atoms with E-state index in [-0.39, 0.29) is 0 Å². The molecule has 6 nitrogen and oxygen atoms in total. The van der Waals surface area contributed by atoms with Gasteiger partial charge >= 0.3 is 0 Å². The molecule has 134 valence electrons. The summed E-state index contributed by atoms with van der Waals surface area (Å²) >= 11 is 0. The lowest BCUT2D eigenvalue weighted by Gasteiger charge is -2.34. The van der Waals surface area contributed by atoms with Crippen LogP contribution in [0.5, 0.6) is 5.75 Å². The molecule has 6 heteroatoms. The van der Waals surface area contributed by atoms with E-state index in [4.69, 9.17) is 4.74 Å². The molecule has 0 spiro atoms. The van der Waals surface area contributed by atoms with Gasteiger partial charge in [-0.3, -0.25) is 0 Å². The second-order valence-corrected chi connectivity index (χ2v) is 6.42. The molecule has 25 heavy (non-hydrogen) atoms. The van der Waals surface area contributed by atoms with Crippen LogP contribution in [0.2, 0.25) is 0 Å². The summed E-state index contributed by atoms with van der Waals surface area (Å²) < 4.78 is 5.19. The Morgan fingerprint density at radius 3 is 2.84 bits per heavy atom. The number of nitrogens with one attached hydrogen (secondary N) is 1. The maximum Gasteiger partial charge on any atom is 0.247 e. The van der Waals surface area contributed by atoms with Crippen molar-refractivity contribution in [2.45, 2.75) is 45.1 Å². The topological polar surface area (TPSA) is 63.2 Å². The number of methoxy groups -OCH3 is 1. The lowest BCUT2D eigenvalue weighted by molar-refractivity contribution is 0.414. The highest BCUT2D eigenvalue weighted by molar-refractivity contribution is 5.40. The molecule has 1 aliphatic heterocycles. The normalized spacial score (nSPS) is 17.4. The number of piperidine rings is 1. The molecule has 0 amide bonds. The minimum absolute atomic E-state index is 0.532. The van der Waals surface area contributed by atoms with E-state index in [1.807, 2.05) is 12.1 Å². The third-order valence-electron chi connectivity index (χ3n) is 4.78. The van der Waals surface area contributed by atoms with Crippen molar-refractivity contribution in [1.82, 2.24) is 15.2 Å². The molecule has 1 aromatic carbocycles. The number of ether oxygens (including phenoxy) is 1. The molecule has 1 atom stereocenters. The number of rotatable bonds is 7. The monoisotopic (exact) mass is 341 g/mol. The summed E-state index contributed by atoms with van der Waals surface area (Å²) in [6.07, 6.45) is 7.46. The zero-order valence-corrected chi connectivity index (χ0v) is 15.1. The van der Waals surface area contributed by atoms with Crippen LogP contribution in [0.25, 0.3) is 0 Å². The van der Waals surface area contributed by atoms with Gasteiger partial charge in [-0.05, 0) is 49.8 Å². The number of benzene rings is 1. The van der Waals surface area contributed by atoms with Crippen molar-refractivity contribution in [3.8, 4) is 5.75 Å². The summed E-state index contributed by atoms with van der Waals surface area (Å²) in [6.45, 7) is 4.06. The van der Waals surface area contributed by atoms with Crippen molar-refractivity contribution >= 4 is 11.8 Å². The van der Waals surface area contributed by atoms with Crippen molar-refractivity contribution in [1.29, 1.82) is 0 Å². The summed E-state index contributed by atoms with van der Waals surface area (Å²) in [6, 6.07) is 8.68. The lowest BCUT2D eigenvalue weighted by atomic mass is 10.0. The molecule has 1 unspecified atom stereocenters. The van der Waals surface area contributed by atoms with Crippen LogP contribution in [-0.4, -0.2) is 41.4 Å². The molecule has 0 bridgehead atoms. The van der Waals surface area contributed by atoms with E-state index in [2.05, 4.69) is 44.5 Å². The molecule has 0 saturated carbocycles. The summed E-state index contributed by atoms with van der Waals surface area (Å²) in [7, 11) is 1.68. The molecule has 1 aromatic heterocycles. The molecule has 0 aliphatic carbocycles. The minimum atomic E-state index is 0.532. The number of anilines is 2. The van der Waals surface area contributed by atoms with Crippen LogP contribution in [-0.2, 0) is 6.42 Å². The first-order valence-electron chi connectivity index (χ1n) is 9.13. The lowest BCUT2D eigenvalue weighted by Crippen LogP contribution is -2.40. The second kappa shape index (κ2) is 8.65. The fraction of sp³-hybridized carbons (Fsp3) is 0.526. The van der Waals surface area contributed by atoms with Crippen molar-refractivity contribution in [3.05, 3.63) is 36.0 Å². The van der Waals surface area contributed by atoms with Crippen LogP contribution in [0.4, 0.5) is 11.8 Å². The average molecular weight is 341 g/mol. The number of nitrogens with zero attached hydrogens (tertiary/aromatic N) is 4. The third kappa shape index (κ3) is 4.59. The number of hydrogen-bond acceptors (Lipinski definition) is 6. The van der Waals surface area contributed by atoms with E-state index < -0.39 is 0 Å². The summed E-state index contributed by atoms with van der Waals surface area (Å²) in [5.41, 5.74) is 1.26. The smallest absolute Gasteiger partial charge is 0.247 e. The van der Waals surface area contributed by atoms with Gasteiger partial charge in [-0.1, -0.05) is 19.1 Å². The van der Waals surface area contributed by atoms with Gasteiger partial charge in [0.25, 0.3) is 0 Å². The highest BCUT2D eigenvalue weighted by atomic mass is 16.5. The molecule has 2 aromatic rings. The fourth-order valence-electron chi connectivity index (χ4n) is 3.32. The summed E-state index contributed by atoms with van der Waals surface area (Å²) in [5, 5.41) is 11.8. The van der Waals surface area contributed by atoms with E-state index in [1.54, 1.807) is 13.3 Å². The van der Waals surface area contributed by atoms with Crippen molar-refractivity contribution in [2.24, 2.45) is 0 Å². The zero-order chi connectivity index (χ0) is 17.5. The summed E-state index contributed by atoms with van der Waals surface area (Å²) in [4.78, 5) is 6.99. The van der Waals surface area contributed by atoms with Crippen LogP contribution in [0.15, 0.2) is 30.5 Å². The minimum Gasteiger partial charge on any atom is -0.497 e. The molecule has 2 heterocycles. The highest BCUT2D eigenvalue weighted by Gasteiger charge is 2.23. The summed E-state index contributed by atoms with van der Waals surface area (Å²) in [5.74, 6) is 2.42. The Kier molecular flexibility index (Phi) is 6.04. The van der Waals surface area contributed by atoms with E-state index in [0.29, 0.717) is 6.04 Å². The maximum absolute atomic E-state index is 5.19. The molecule has 1 saturated heterocycles. The van der Waals surface area contributed by atoms with E-state index in [0.717, 1.165) is 43.4 Å². The molecule has 1 fully saturated rings. The first-order valence-corrected chi connectivity index (χ1v) is 9.13. The van der Waals surface area contributed by atoms with Crippen LogP contribution < -0.4 is 15.0 Å². The van der Waals surface area contributed by atoms with Gasteiger partial charge in [-0.25, -0.2) is 0 Å². The Morgan fingerprint density at radius 1 is 1.24 bits per heavy atom. The maximum atomic E-state index is 5.19. The van der Waals surface area contributed by atoms with E-state index >= 15 is 0 Å². The van der Waals surface area contributed by atoms with Gasteiger partial charge < -0.3 is 15.0 Å². The predicted octanol–water partition coefficient (Wildman–Crippen LogP) is 3.30. The quantitative estimate of drug-likeness (QED) is 0.834. The molecular weight excluding hydrogens is 314 g/mol. The van der Waals surface area contributed by atoms with Crippen LogP contribution in [0.3, 0.4) is 0 Å². The van der Waals surface area contributed by atoms with Gasteiger partial charge in [0, 0.05) is 19.1 Å². The van der Waals surface area contributed by atoms with Gasteiger partial charge in [0.1, 0.15) is 5.75 Å². The van der Waals surface area contributed by atoms with Gasteiger partial charge in [-0.2, -0.15) is 10.1 Å². The van der Waals surface area contributed by atoms with Crippen LogP contribution in [0.1, 0.15) is 38.2 Å². The van der Waals surface area contributed by atoms with Crippen molar-refractivity contribution in [3.63, 3.8) is 0 Å². The van der Waals surface area contributed by atoms with Gasteiger partial charge in [0.2, 0.25) is 5.95 Å². The van der Waals surface area contributed by atoms with Gasteiger partial charge in [0.05, 0.1) is 13.3 Å². The van der Waals surface area contributed by atoms with Crippen molar-refractivity contribution in [2.75, 3.05) is 30.4 Å². The number of hydrogen-bond donors (Lipinski definition) is 1. The molecular formula is C19H27N5O. The number of aromatic nitrogens is 3.